The molecule has 0 saturated heterocycles. The lowest BCUT2D eigenvalue weighted by Gasteiger charge is -2.11. The molecular weight excluding hydrogens is 476 g/mol. The molecule has 2 aromatic carbocycles. The maximum Gasteiger partial charge on any atom is 0.234 e. The summed E-state index contributed by atoms with van der Waals surface area (Å²) >= 11 is 4.69. The number of amides is 1. The van der Waals surface area contributed by atoms with Gasteiger partial charge in [-0.15, -0.1) is 10.2 Å². The van der Waals surface area contributed by atoms with Crippen molar-refractivity contribution in [2.45, 2.75) is 25.5 Å². The molecule has 8 heteroatoms. The number of furan rings is 1. The lowest BCUT2D eigenvalue weighted by atomic mass is 10.1. The fourth-order valence-corrected chi connectivity index (χ4v) is 4.24. The number of aryl methyl sites for hydroxylation is 2. The minimum atomic E-state index is -0.0893. The van der Waals surface area contributed by atoms with Gasteiger partial charge >= 0.3 is 0 Å². The van der Waals surface area contributed by atoms with Crippen LogP contribution in [0.25, 0.3) is 11.6 Å². The minimum Gasteiger partial charge on any atom is -0.446 e. The molecular formula is C23H21BrN4O2S. The summed E-state index contributed by atoms with van der Waals surface area (Å²) in [5.41, 5.74) is 4.13. The number of nitrogens with one attached hydrogen (secondary N) is 1. The lowest BCUT2D eigenvalue weighted by molar-refractivity contribution is -0.113. The number of hydrogen-bond acceptors (Lipinski definition) is 5. The summed E-state index contributed by atoms with van der Waals surface area (Å²) in [5, 5.41) is 12.3. The summed E-state index contributed by atoms with van der Waals surface area (Å²) in [6.07, 6.45) is 0. The summed E-state index contributed by atoms with van der Waals surface area (Å²) in [6.45, 7) is 4.59. The molecule has 0 fully saturated rings. The number of benzene rings is 2. The molecule has 0 unspecified atom stereocenters. The molecule has 4 rings (SSSR count). The highest BCUT2D eigenvalue weighted by Gasteiger charge is 2.18. The van der Waals surface area contributed by atoms with E-state index in [4.69, 9.17) is 4.42 Å². The Morgan fingerprint density at radius 3 is 2.61 bits per heavy atom. The summed E-state index contributed by atoms with van der Waals surface area (Å²) in [7, 11) is 0. The Bertz CT molecular complexity index is 1200. The predicted molar refractivity (Wildman–Crippen MR) is 126 cm³/mol. The smallest absolute Gasteiger partial charge is 0.234 e. The maximum atomic E-state index is 12.6. The summed E-state index contributed by atoms with van der Waals surface area (Å²) in [5.74, 6) is 1.37. The van der Waals surface area contributed by atoms with Crippen molar-refractivity contribution in [1.29, 1.82) is 0 Å². The number of nitrogens with zero attached hydrogens (tertiary/aromatic N) is 3. The molecule has 1 N–H and O–H groups in total. The Kier molecular flexibility index (Phi) is 6.58. The molecule has 1 amide bonds. The molecule has 31 heavy (non-hydrogen) atoms. The molecule has 4 aromatic rings. The zero-order valence-corrected chi connectivity index (χ0v) is 19.5. The SMILES string of the molecule is Cc1ccc(NC(=O)CSc2nnc(-c3ccc(Br)o3)n2Cc2ccccc2)c(C)c1. The van der Waals surface area contributed by atoms with Crippen molar-refractivity contribution in [2.75, 3.05) is 11.1 Å². The number of thioether (sulfide) groups is 1. The Labute approximate surface area is 193 Å². The van der Waals surface area contributed by atoms with E-state index in [1.54, 1.807) is 0 Å². The molecule has 0 bridgehead atoms. The third kappa shape index (κ3) is 5.26. The molecule has 2 heterocycles. The second-order valence-corrected chi connectivity index (χ2v) is 8.86. The molecule has 0 aliphatic rings. The third-order valence-corrected chi connectivity index (χ3v) is 6.08. The van der Waals surface area contributed by atoms with Crippen LogP contribution in [-0.4, -0.2) is 26.4 Å². The van der Waals surface area contributed by atoms with Crippen LogP contribution < -0.4 is 5.32 Å². The van der Waals surface area contributed by atoms with E-state index in [0.717, 1.165) is 22.4 Å². The zero-order chi connectivity index (χ0) is 21.8. The normalized spacial score (nSPS) is 10.9. The van der Waals surface area contributed by atoms with Crippen molar-refractivity contribution in [3.05, 3.63) is 82.0 Å². The highest BCUT2D eigenvalue weighted by Crippen LogP contribution is 2.28. The predicted octanol–water partition coefficient (Wildman–Crippen LogP) is 5.70. The molecule has 0 saturated carbocycles. The van der Waals surface area contributed by atoms with Crippen molar-refractivity contribution < 1.29 is 9.21 Å². The standard InChI is InChI=1S/C23H21BrN4O2S/c1-15-8-9-18(16(2)12-15)25-21(29)14-31-23-27-26-22(19-10-11-20(24)30-19)28(23)13-17-6-4-3-5-7-17/h3-12H,13-14H2,1-2H3,(H,25,29). The maximum absolute atomic E-state index is 12.6. The molecule has 0 aliphatic heterocycles. The first-order valence-electron chi connectivity index (χ1n) is 9.72. The number of anilines is 1. The summed E-state index contributed by atoms with van der Waals surface area (Å²) in [4.78, 5) is 12.6. The summed E-state index contributed by atoms with van der Waals surface area (Å²) < 4.78 is 8.29. The van der Waals surface area contributed by atoms with E-state index in [1.165, 1.54) is 11.8 Å². The van der Waals surface area contributed by atoms with Gasteiger partial charge in [0.15, 0.2) is 15.6 Å². The van der Waals surface area contributed by atoms with E-state index in [1.807, 2.05) is 79.1 Å². The van der Waals surface area contributed by atoms with Gasteiger partial charge in [-0.05, 0) is 59.1 Å². The van der Waals surface area contributed by atoms with Gasteiger partial charge in [0.2, 0.25) is 11.7 Å². The molecule has 2 aromatic heterocycles. The van der Waals surface area contributed by atoms with E-state index in [-0.39, 0.29) is 11.7 Å². The first-order valence-corrected chi connectivity index (χ1v) is 11.5. The van der Waals surface area contributed by atoms with Gasteiger partial charge in [-0.1, -0.05) is 59.8 Å². The zero-order valence-electron chi connectivity index (χ0n) is 17.1. The Morgan fingerprint density at radius 2 is 1.90 bits per heavy atom. The minimum absolute atomic E-state index is 0.0893. The quantitative estimate of drug-likeness (QED) is 0.332. The first-order chi connectivity index (χ1) is 15.0. The van der Waals surface area contributed by atoms with Crippen LogP contribution in [0.2, 0.25) is 0 Å². The van der Waals surface area contributed by atoms with Crippen LogP contribution in [-0.2, 0) is 11.3 Å². The highest BCUT2D eigenvalue weighted by molar-refractivity contribution is 9.10. The van der Waals surface area contributed by atoms with Crippen LogP contribution in [0, 0.1) is 13.8 Å². The lowest BCUT2D eigenvalue weighted by Crippen LogP contribution is -2.15. The van der Waals surface area contributed by atoms with Gasteiger partial charge in [0.25, 0.3) is 0 Å². The van der Waals surface area contributed by atoms with Crippen LogP contribution >= 0.6 is 27.7 Å². The van der Waals surface area contributed by atoms with Crippen LogP contribution in [0.3, 0.4) is 0 Å². The van der Waals surface area contributed by atoms with Crippen molar-refractivity contribution in [3.63, 3.8) is 0 Å². The average Bonchev–Trinajstić information content (AvgIpc) is 3.35. The molecule has 0 radical (unpaired) electrons. The number of rotatable bonds is 7. The fourth-order valence-electron chi connectivity index (χ4n) is 3.19. The van der Waals surface area contributed by atoms with Gasteiger partial charge in [0, 0.05) is 5.69 Å². The van der Waals surface area contributed by atoms with E-state index < -0.39 is 0 Å². The Balaban J connectivity index is 1.53. The van der Waals surface area contributed by atoms with E-state index in [0.29, 0.717) is 28.0 Å². The van der Waals surface area contributed by atoms with Gasteiger partial charge in [0.1, 0.15) is 0 Å². The molecule has 0 spiro atoms. The number of hydrogen-bond donors (Lipinski definition) is 1. The van der Waals surface area contributed by atoms with Gasteiger partial charge in [0.05, 0.1) is 12.3 Å². The van der Waals surface area contributed by atoms with Crippen molar-refractivity contribution in [3.8, 4) is 11.6 Å². The monoisotopic (exact) mass is 496 g/mol. The second-order valence-electron chi connectivity index (χ2n) is 7.14. The third-order valence-electron chi connectivity index (χ3n) is 4.68. The van der Waals surface area contributed by atoms with Gasteiger partial charge in [-0.25, -0.2) is 0 Å². The number of halogens is 1. The topological polar surface area (TPSA) is 73.0 Å². The van der Waals surface area contributed by atoms with Crippen molar-refractivity contribution >= 4 is 39.3 Å². The average molecular weight is 497 g/mol. The van der Waals surface area contributed by atoms with Gasteiger partial charge in [-0.3, -0.25) is 9.36 Å². The summed E-state index contributed by atoms with van der Waals surface area (Å²) in [6, 6.07) is 19.7. The van der Waals surface area contributed by atoms with Crippen LogP contribution in [0.5, 0.6) is 0 Å². The molecule has 158 valence electrons. The Hall–Kier alpha value is -2.84. The van der Waals surface area contributed by atoms with Gasteiger partial charge < -0.3 is 9.73 Å². The van der Waals surface area contributed by atoms with E-state index >= 15 is 0 Å². The van der Waals surface area contributed by atoms with Crippen LogP contribution in [0.15, 0.2) is 74.9 Å². The fraction of sp³-hybridized carbons (Fsp3) is 0.174. The molecule has 0 atom stereocenters. The second kappa shape index (κ2) is 9.53. The molecule has 0 aliphatic carbocycles. The highest BCUT2D eigenvalue weighted by atomic mass is 79.9. The molecule has 6 nitrogen and oxygen atoms in total. The number of carbonyl (C=O) groups excluding carboxylic acids is 1. The van der Waals surface area contributed by atoms with Crippen LogP contribution in [0.4, 0.5) is 5.69 Å². The largest absolute Gasteiger partial charge is 0.446 e. The first kappa shape index (κ1) is 21.4. The van der Waals surface area contributed by atoms with Gasteiger partial charge in [-0.2, -0.15) is 0 Å². The van der Waals surface area contributed by atoms with Crippen molar-refractivity contribution in [1.82, 2.24) is 14.8 Å². The van der Waals surface area contributed by atoms with E-state index in [2.05, 4.69) is 31.4 Å². The van der Waals surface area contributed by atoms with E-state index in [9.17, 15) is 4.79 Å². The van der Waals surface area contributed by atoms with Crippen molar-refractivity contribution in [2.24, 2.45) is 0 Å². The Morgan fingerprint density at radius 1 is 1.10 bits per heavy atom. The number of carbonyl (C=O) groups is 1. The number of aromatic nitrogens is 3. The van der Waals surface area contributed by atoms with Crippen LogP contribution in [0.1, 0.15) is 16.7 Å².